The van der Waals surface area contributed by atoms with E-state index in [4.69, 9.17) is 5.73 Å². The third kappa shape index (κ3) is 1.80. The van der Waals surface area contributed by atoms with Crippen molar-refractivity contribution in [3.05, 3.63) is 35.9 Å². The van der Waals surface area contributed by atoms with E-state index in [9.17, 15) is 0 Å². The van der Waals surface area contributed by atoms with Crippen LogP contribution in [0.1, 0.15) is 43.7 Å². The molecule has 0 bridgehead atoms. The summed E-state index contributed by atoms with van der Waals surface area (Å²) in [6.45, 7) is 2.50. The Morgan fingerprint density at radius 3 is 2.18 bits per heavy atom. The fourth-order valence-electron chi connectivity index (χ4n) is 3.50. The monoisotopic (exact) mass is 230 g/mol. The molecule has 3 rings (SSSR count). The van der Waals surface area contributed by atoms with Gasteiger partial charge in [0.25, 0.3) is 0 Å². The molecule has 1 aromatic rings. The first-order valence-corrected chi connectivity index (χ1v) is 6.88. The van der Waals surface area contributed by atoms with Gasteiger partial charge in [-0.2, -0.15) is 0 Å². The van der Waals surface area contributed by atoms with Crippen LogP contribution in [0.5, 0.6) is 0 Å². The fraction of sp³-hybridized carbons (Fsp3) is 0.600. The summed E-state index contributed by atoms with van der Waals surface area (Å²) >= 11 is 0. The highest BCUT2D eigenvalue weighted by atomic mass is 15.2. The third-order valence-electron chi connectivity index (χ3n) is 4.69. The second-order valence-electron chi connectivity index (χ2n) is 5.54. The van der Waals surface area contributed by atoms with Crippen LogP contribution in [-0.4, -0.2) is 23.5 Å². The summed E-state index contributed by atoms with van der Waals surface area (Å²) in [7, 11) is 0. The highest BCUT2D eigenvalue weighted by Gasteiger charge is 2.48. The molecule has 1 unspecified atom stereocenters. The molecule has 0 radical (unpaired) electrons. The maximum atomic E-state index is 6.57. The molecule has 1 saturated carbocycles. The van der Waals surface area contributed by atoms with Crippen LogP contribution in [0.25, 0.3) is 0 Å². The first-order chi connectivity index (χ1) is 8.33. The Balaban J connectivity index is 1.85. The van der Waals surface area contributed by atoms with Gasteiger partial charge in [0.15, 0.2) is 0 Å². The van der Waals surface area contributed by atoms with Crippen molar-refractivity contribution in [2.45, 2.75) is 43.7 Å². The molecule has 1 atom stereocenters. The van der Waals surface area contributed by atoms with Gasteiger partial charge in [0.1, 0.15) is 0 Å². The molecule has 1 aliphatic carbocycles. The minimum absolute atomic E-state index is 0.190. The number of nitrogens with two attached hydrogens (primary N) is 1. The smallest absolute Gasteiger partial charge is 0.0482 e. The van der Waals surface area contributed by atoms with E-state index in [1.54, 1.807) is 0 Å². The Morgan fingerprint density at radius 1 is 1.00 bits per heavy atom. The van der Waals surface area contributed by atoms with Crippen molar-refractivity contribution in [3.63, 3.8) is 0 Å². The lowest BCUT2D eigenvalue weighted by Crippen LogP contribution is -2.58. The second-order valence-corrected chi connectivity index (χ2v) is 5.54. The summed E-state index contributed by atoms with van der Waals surface area (Å²) in [5.74, 6) is 0. The lowest BCUT2D eigenvalue weighted by molar-refractivity contribution is 0.0109. The second kappa shape index (κ2) is 4.43. The van der Waals surface area contributed by atoms with Crippen molar-refractivity contribution in [2.75, 3.05) is 13.1 Å². The van der Waals surface area contributed by atoms with Gasteiger partial charge in [0, 0.05) is 11.6 Å². The maximum absolute atomic E-state index is 6.57. The van der Waals surface area contributed by atoms with E-state index >= 15 is 0 Å². The highest BCUT2D eigenvalue weighted by Crippen LogP contribution is 2.46. The van der Waals surface area contributed by atoms with E-state index in [-0.39, 0.29) is 11.6 Å². The summed E-state index contributed by atoms with van der Waals surface area (Å²) in [6.07, 6.45) is 6.61. The molecular weight excluding hydrogens is 208 g/mol. The van der Waals surface area contributed by atoms with Crippen molar-refractivity contribution in [1.29, 1.82) is 0 Å². The average molecular weight is 230 g/mol. The summed E-state index contributed by atoms with van der Waals surface area (Å²) in [6, 6.07) is 10.8. The maximum Gasteiger partial charge on any atom is 0.0482 e. The molecule has 2 nitrogen and oxygen atoms in total. The van der Waals surface area contributed by atoms with Crippen LogP contribution in [0.4, 0.5) is 0 Å². The van der Waals surface area contributed by atoms with E-state index in [2.05, 4.69) is 35.2 Å². The predicted octanol–water partition coefficient (Wildman–Crippen LogP) is 2.70. The molecule has 1 aliphatic heterocycles. The van der Waals surface area contributed by atoms with Gasteiger partial charge in [-0.05, 0) is 50.8 Å². The molecule has 92 valence electrons. The fourth-order valence-corrected chi connectivity index (χ4v) is 3.50. The Bertz CT molecular complexity index is 364. The summed E-state index contributed by atoms with van der Waals surface area (Å²) < 4.78 is 0. The van der Waals surface area contributed by atoms with E-state index in [1.807, 2.05) is 0 Å². The van der Waals surface area contributed by atoms with E-state index in [1.165, 1.54) is 50.8 Å². The molecule has 0 amide bonds. The molecular formula is C15H22N2. The summed E-state index contributed by atoms with van der Waals surface area (Å²) in [5.41, 5.74) is 8.15. The number of likely N-dealkylation sites (tertiary alicyclic amines) is 1. The van der Waals surface area contributed by atoms with Crippen LogP contribution in [0, 0.1) is 0 Å². The first kappa shape index (κ1) is 11.2. The van der Waals surface area contributed by atoms with Crippen LogP contribution in [0.3, 0.4) is 0 Å². The van der Waals surface area contributed by atoms with Gasteiger partial charge in [-0.15, -0.1) is 0 Å². The van der Waals surface area contributed by atoms with Crippen LogP contribution in [-0.2, 0) is 0 Å². The van der Waals surface area contributed by atoms with Gasteiger partial charge in [-0.25, -0.2) is 0 Å². The Hall–Kier alpha value is -0.860. The largest absolute Gasteiger partial charge is 0.322 e. The standard InChI is InChI=1S/C15H22N2/c16-14(13-7-2-1-3-8-13)15(9-6-10-15)17-11-4-5-12-17/h1-3,7-8,14H,4-6,9-12,16H2. The van der Waals surface area contributed by atoms with Gasteiger partial charge in [0.2, 0.25) is 0 Å². The molecule has 17 heavy (non-hydrogen) atoms. The van der Waals surface area contributed by atoms with E-state index in [0.717, 1.165) is 0 Å². The van der Waals surface area contributed by atoms with Crippen LogP contribution >= 0.6 is 0 Å². The molecule has 0 spiro atoms. The number of hydrogen-bond donors (Lipinski definition) is 1. The zero-order valence-corrected chi connectivity index (χ0v) is 10.4. The molecule has 0 aromatic heterocycles. The molecule has 1 heterocycles. The molecule has 2 N–H and O–H groups in total. The Kier molecular flexibility index (Phi) is 2.93. The van der Waals surface area contributed by atoms with Crippen molar-refractivity contribution >= 4 is 0 Å². The van der Waals surface area contributed by atoms with Crippen molar-refractivity contribution < 1.29 is 0 Å². The zero-order valence-electron chi connectivity index (χ0n) is 10.4. The van der Waals surface area contributed by atoms with E-state index in [0.29, 0.717) is 0 Å². The number of benzene rings is 1. The molecule has 2 heteroatoms. The molecule has 2 fully saturated rings. The van der Waals surface area contributed by atoms with Crippen molar-refractivity contribution in [1.82, 2.24) is 4.90 Å². The molecule has 1 aromatic carbocycles. The van der Waals surface area contributed by atoms with Crippen LogP contribution in [0.2, 0.25) is 0 Å². The Labute approximate surface area is 104 Å². The zero-order chi connectivity index (χ0) is 11.7. The van der Waals surface area contributed by atoms with Gasteiger partial charge >= 0.3 is 0 Å². The predicted molar refractivity (Wildman–Crippen MR) is 70.8 cm³/mol. The highest BCUT2D eigenvalue weighted by molar-refractivity contribution is 5.25. The van der Waals surface area contributed by atoms with Crippen LogP contribution in [0.15, 0.2) is 30.3 Å². The lowest BCUT2D eigenvalue weighted by atomic mass is 9.68. The quantitative estimate of drug-likeness (QED) is 0.865. The minimum atomic E-state index is 0.190. The normalized spacial score (nSPS) is 25.5. The third-order valence-corrected chi connectivity index (χ3v) is 4.69. The van der Waals surface area contributed by atoms with Gasteiger partial charge < -0.3 is 5.73 Å². The molecule has 2 aliphatic rings. The van der Waals surface area contributed by atoms with E-state index < -0.39 is 0 Å². The number of hydrogen-bond acceptors (Lipinski definition) is 2. The SMILES string of the molecule is NC(c1ccccc1)C1(N2CCCC2)CCC1. The average Bonchev–Trinajstić information content (AvgIpc) is 2.83. The summed E-state index contributed by atoms with van der Waals surface area (Å²) in [5, 5.41) is 0. The number of rotatable bonds is 3. The summed E-state index contributed by atoms with van der Waals surface area (Å²) in [4.78, 5) is 2.66. The number of nitrogens with zero attached hydrogens (tertiary/aromatic N) is 1. The van der Waals surface area contributed by atoms with Gasteiger partial charge in [0.05, 0.1) is 0 Å². The lowest BCUT2D eigenvalue weighted by Gasteiger charge is -2.52. The van der Waals surface area contributed by atoms with Crippen LogP contribution < -0.4 is 5.73 Å². The van der Waals surface area contributed by atoms with Crippen molar-refractivity contribution in [2.24, 2.45) is 5.73 Å². The first-order valence-electron chi connectivity index (χ1n) is 6.88. The topological polar surface area (TPSA) is 29.3 Å². The minimum Gasteiger partial charge on any atom is -0.322 e. The van der Waals surface area contributed by atoms with Gasteiger partial charge in [-0.3, -0.25) is 4.90 Å². The van der Waals surface area contributed by atoms with Crippen molar-refractivity contribution in [3.8, 4) is 0 Å². The molecule has 1 saturated heterocycles. The Morgan fingerprint density at radius 2 is 1.65 bits per heavy atom. The van der Waals surface area contributed by atoms with Gasteiger partial charge in [-0.1, -0.05) is 30.3 Å².